The number of benzene rings is 2. The number of hydrogen-bond acceptors (Lipinski definition) is 5. The molecule has 0 atom stereocenters. The van der Waals surface area contributed by atoms with E-state index >= 15 is 0 Å². The summed E-state index contributed by atoms with van der Waals surface area (Å²) in [5.74, 6) is -0.311. The molecule has 0 fully saturated rings. The van der Waals surface area contributed by atoms with Crippen molar-refractivity contribution in [3.63, 3.8) is 0 Å². The first-order valence-corrected chi connectivity index (χ1v) is 10.7. The molecule has 4 aromatic rings. The van der Waals surface area contributed by atoms with E-state index in [4.69, 9.17) is 11.6 Å². The van der Waals surface area contributed by atoms with Gasteiger partial charge in [-0.2, -0.15) is 0 Å². The molecular weight excluding hydrogens is 437 g/mol. The van der Waals surface area contributed by atoms with E-state index < -0.39 is 5.82 Å². The number of rotatable bonds is 6. The maximum absolute atomic E-state index is 14.0. The third-order valence-corrected chi connectivity index (χ3v) is 5.61. The standard InChI is InChI=1S/C22H17ClFN5OS/c1-14-5-2-3-7-19(14)29-21(15-6-4-10-25-12-15)27-28-22(29)31-13-20(30)26-18-9-8-16(23)11-17(18)24/h2-12H,13H2,1H3,(H,26,30). The van der Waals surface area contributed by atoms with Crippen LogP contribution in [-0.4, -0.2) is 31.4 Å². The molecule has 1 N–H and O–H groups in total. The molecule has 0 saturated carbocycles. The number of aromatic nitrogens is 4. The second-order valence-electron chi connectivity index (χ2n) is 6.63. The Morgan fingerprint density at radius 1 is 1.16 bits per heavy atom. The van der Waals surface area contributed by atoms with Gasteiger partial charge in [0.25, 0.3) is 0 Å². The third kappa shape index (κ3) is 4.76. The predicted octanol–water partition coefficient (Wildman–Crippen LogP) is 5.16. The van der Waals surface area contributed by atoms with E-state index in [-0.39, 0.29) is 22.4 Å². The Kier molecular flexibility index (Phi) is 6.29. The summed E-state index contributed by atoms with van der Waals surface area (Å²) in [4.78, 5) is 16.6. The summed E-state index contributed by atoms with van der Waals surface area (Å²) >= 11 is 6.97. The van der Waals surface area contributed by atoms with Crippen molar-refractivity contribution >= 4 is 35.0 Å². The number of carbonyl (C=O) groups excluding carboxylic acids is 1. The number of nitrogens with one attached hydrogen (secondary N) is 1. The molecule has 1 amide bonds. The van der Waals surface area contributed by atoms with Gasteiger partial charge in [0.15, 0.2) is 11.0 Å². The zero-order chi connectivity index (χ0) is 21.8. The molecule has 2 aromatic heterocycles. The topological polar surface area (TPSA) is 72.7 Å². The number of carbonyl (C=O) groups is 1. The van der Waals surface area contributed by atoms with Crippen molar-refractivity contribution in [2.24, 2.45) is 0 Å². The second kappa shape index (κ2) is 9.28. The fraction of sp³-hybridized carbons (Fsp3) is 0.0909. The van der Waals surface area contributed by atoms with Crippen molar-refractivity contribution in [1.29, 1.82) is 0 Å². The average Bonchev–Trinajstić information content (AvgIpc) is 3.19. The molecule has 9 heteroatoms. The van der Waals surface area contributed by atoms with Gasteiger partial charge in [0.2, 0.25) is 5.91 Å². The van der Waals surface area contributed by atoms with Crippen LogP contribution in [0.3, 0.4) is 0 Å². The predicted molar refractivity (Wildman–Crippen MR) is 120 cm³/mol. The van der Waals surface area contributed by atoms with Gasteiger partial charge < -0.3 is 5.32 Å². The molecule has 4 rings (SSSR count). The maximum atomic E-state index is 14.0. The van der Waals surface area contributed by atoms with E-state index in [0.29, 0.717) is 11.0 Å². The van der Waals surface area contributed by atoms with Crippen LogP contribution in [0.25, 0.3) is 17.1 Å². The number of para-hydroxylation sites is 1. The molecule has 0 spiro atoms. The Bertz CT molecular complexity index is 1230. The number of hydrogen-bond donors (Lipinski definition) is 1. The lowest BCUT2D eigenvalue weighted by Gasteiger charge is -2.13. The molecule has 6 nitrogen and oxygen atoms in total. The molecule has 0 aliphatic rings. The first kappa shape index (κ1) is 21.0. The van der Waals surface area contributed by atoms with Crippen LogP contribution in [0.1, 0.15) is 5.56 Å². The summed E-state index contributed by atoms with van der Waals surface area (Å²) < 4.78 is 15.9. The van der Waals surface area contributed by atoms with E-state index in [9.17, 15) is 9.18 Å². The van der Waals surface area contributed by atoms with Gasteiger partial charge in [-0.15, -0.1) is 10.2 Å². The lowest BCUT2D eigenvalue weighted by atomic mass is 10.2. The molecule has 0 radical (unpaired) electrons. The number of pyridine rings is 1. The quantitative estimate of drug-likeness (QED) is 0.408. The van der Waals surface area contributed by atoms with Gasteiger partial charge in [-0.3, -0.25) is 14.3 Å². The Morgan fingerprint density at radius 3 is 2.74 bits per heavy atom. The summed E-state index contributed by atoms with van der Waals surface area (Å²) in [5.41, 5.74) is 2.81. The first-order chi connectivity index (χ1) is 15.0. The van der Waals surface area contributed by atoms with Crippen LogP contribution in [0.5, 0.6) is 0 Å². The summed E-state index contributed by atoms with van der Waals surface area (Å²) in [7, 11) is 0. The van der Waals surface area contributed by atoms with Crippen molar-refractivity contribution in [1.82, 2.24) is 19.7 Å². The molecule has 31 heavy (non-hydrogen) atoms. The molecule has 0 bridgehead atoms. The zero-order valence-electron chi connectivity index (χ0n) is 16.4. The molecule has 0 saturated heterocycles. The van der Waals surface area contributed by atoms with E-state index in [2.05, 4.69) is 20.5 Å². The summed E-state index contributed by atoms with van der Waals surface area (Å²) in [5, 5.41) is 12.0. The smallest absolute Gasteiger partial charge is 0.234 e. The van der Waals surface area contributed by atoms with Gasteiger partial charge in [0, 0.05) is 23.0 Å². The highest BCUT2D eigenvalue weighted by Crippen LogP contribution is 2.29. The Labute approximate surface area is 187 Å². The number of thioether (sulfide) groups is 1. The molecule has 0 aliphatic heterocycles. The zero-order valence-corrected chi connectivity index (χ0v) is 18.0. The molecule has 156 valence electrons. The summed E-state index contributed by atoms with van der Waals surface area (Å²) in [6, 6.07) is 15.7. The fourth-order valence-corrected chi connectivity index (χ4v) is 3.89. The van der Waals surface area contributed by atoms with Gasteiger partial charge in [-0.05, 0) is 48.9 Å². The van der Waals surface area contributed by atoms with Gasteiger partial charge in [0.1, 0.15) is 5.82 Å². The van der Waals surface area contributed by atoms with Crippen LogP contribution in [-0.2, 0) is 4.79 Å². The van der Waals surface area contributed by atoms with Crippen LogP contribution < -0.4 is 5.32 Å². The Balaban J connectivity index is 1.60. The number of anilines is 1. The fourth-order valence-electron chi connectivity index (χ4n) is 2.98. The van der Waals surface area contributed by atoms with Crippen molar-refractivity contribution in [2.45, 2.75) is 12.1 Å². The second-order valence-corrected chi connectivity index (χ2v) is 8.01. The first-order valence-electron chi connectivity index (χ1n) is 9.32. The Hall–Kier alpha value is -3.23. The van der Waals surface area contributed by atoms with Crippen molar-refractivity contribution in [2.75, 3.05) is 11.1 Å². The minimum Gasteiger partial charge on any atom is -0.323 e. The third-order valence-electron chi connectivity index (χ3n) is 4.45. The number of halogens is 2. The monoisotopic (exact) mass is 453 g/mol. The highest BCUT2D eigenvalue weighted by Gasteiger charge is 2.19. The SMILES string of the molecule is Cc1ccccc1-n1c(SCC(=O)Nc2ccc(Cl)cc2F)nnc1-c1cccnc1. The number of amides is 1. The van der Waals surface area contributed by atoms with Crippen molar-refractivity contribution < 1.29 is 9.18 Å². The lowest BCUT2D eigenvalue weighted by molar-refractivity contribution is -0.113. The largest absolute Gasteiger partial charge is 0.323 e. The molecular formula is C22H17ClFN5OS. The van der Waals surface area contributed by atoms with E-state index in [0.717, 1.165) is 22.9 Å². The maximum Gasteiger partial charge on any atom is 0.234 e. The highest BCUT2D eigenvalue weighted by atomic mass is 35.5. The number of aryl methyl sites for hydroxylation is 1. The lowest BCUT2D eigenvalue weighted by Crippen LogP contribution is -2.15. The van der Waals surface area contributed by atoms with E-state index in [1.165, 1.54) is 23.9 Å². The van der Waals surface area contributed by atoms with Crippen LogP contribution >= 0.6 is 23.4 Å². The highest BCUT2D eigenvalue weighted by molar-refractivity contribution is 7.99. The minimum atomic E-state index is -0.590. The van der Waals surface area contributed by atoms with E-state index in [1.54, 1.807) is 12.4 Å². The van der Waals surface area contributed by atoms with Gasteiger partial charge in [-0.25, -0.2) is 4.39 Å². The summed E-state index contributed by atoms with van der Waals surface area (Å²) in [6.07, 6.45) is 3.40. The van der Waals surface area contributed by atoms with Crippen LogP contribution in [0.4, 0.5) is 10.1 Å². The molecule has 0 aliphatic carbocycles. The molecule has 2 aromatic carbocycles. The Morgan fingerprint density at radius 2 is 2.00 bits per heavy atom. The molecule has 0 unspecified atom stereocenters. The van der Waals surface area contributed by atoms with Crippen LogP contribution in [0, 0.1) is 12.7 Å². The van der Waals surface area contributed by atoms with Crippen LogP contribution in [0.15, 0.2) is 72.1 Å². The van der Waals surface area contributed by atoms with Gasteiger partial charge >= 0.3 is 0 Å². The number of nitrogens with zero attached hydrogens (tertiary/aromatic N) is 4. The normalized spacial score (nSPS) is 10.8. The van der Waals surface area contributed by atoms with Crippen LogP contribution in [0.2, 0.25) is 5.02 Å². The van der Waals surface area contributed by atoms with E-state index in [1.807, 2.05) is 47.9 Å². The minimum absolute atomic E-state index is 0.0269. The van der Waals surface area contributed by atoms with Crippen molar-refractivity contribution in [3.8, 4) is 17.1 Å². The summed E-state index contributed by atoms with van der Waals surface area (Å²) in [6.45, 7) is 1.99. The van der Waals surface area contributed by atoms with Gasteiger partial charge in [-0.1, -0.05) is 41.6 Å². The average molecular weight is 454 g/mol. The van der Waals surface area contributed by atoms with Gasteiger partial charge in [0.05, 0.1) is 17.1 Å². The molecule has 2 heterocycles. The van der Waals surface area contributed by atoms with Crippen molar-refractivity contribution in [3.05, 3.63) is 83.4 Å².